The quantitative estimate of drug-likeness (QED) is 0.140. The molecule has 0 radical (unpaired) electrons. The van der Waals surface area contributed by atoms with E-state index in [9.17, 15) is 19.2 Å². The highest BCUT2D eigenvalue weighted by Gasteiger charge is 2.32. The van der Waals surface area contributed by atoms with Crippen molar-refractivity contribution in [2.45, 2.75) is 32.2 Å². The summed E-state index contributed by atoms with van der Waals surface area (Å²) in [6, 6.07) is 7.46. The van der Waals surface area contributed by atoms with Crippen molar-refractivity contribution < 1.29 is 47.7 Å². The zero-order valence-electron chi connectivity index (χ0n) is 23.8. The maximum atomic E-state index is 12.0. The third kappa shape index (κ3) is 13.7. The summed E-state index contributed by atoms with van der Waals surface area (Å²) < 4.78 is 26.9. The van der Waals surface area contributed by atoms with E-state index in [1.165, 1.54) is 6.33 Å². The first kappa shape index (κ1) is 33.5. The van der Waals surface area contributed by atoms with E-state index in [1.54, 1.807) is 0 Å². The van der Waals surface area contributed by atoms with Crippen molar-refractivity contribution in [2.75, 3.05) is 66.1 Å². The summed E-state index contributed by atoms with van der Waals surface area (Å²) in [4.78, 5) is 51.2. The van der Waals surface area contributed by atoms with Crippen LogP contribution in [0.25, 0.3) is 11.4 Å². The second-order valence-electron chi connectivity index (χ2n) is 8.95. The minimum Gasteiger partial charge on any atom is -0.379 e. The Morgan fingerprint density at radius 2 is 1.19 bits per heavy atom. The van der Waals surface area contributed by atoms with Crippen molar-refractivity contribution in [3.63, 3.8) is 0 Å². The van der Waals surface area contributed by atoms with Gasteiger partial charge in [0, 0.05) is 31.4 Å². The summed E-state index contributed by atoms with van der Waals surface area (Å²) in [6.45, 7) is 3.70. The first-order chi connectivity index (χ1) is 21.0. The van der Waals surface area contributed by atoms with Crippen LogP contribution in [0.15, 0.2) is 30.6 Å². The molecule has 1 aromatic carbocycles. The van der Waals surface area contributed by atoms with Crippen LogP contribution in [0, 0.1) is 0 Å². The van der Waals surface area contributed by atoms with Crippen LogP contribution in [0.1, 0.15) is 31.2 Å². The van der Waals surface area contributed by atoms with Crippen molar-refractivity contribution in [3.8, 4) is 11.4 Å². The number of hydroxylamine groups is 2. The topological polar surface area (TPSA) is 190 Å². The first-order valence-corrected chi connectivity index (χ1v) is 13.8. The molecule has 234 valence electrons. The zero-order chi connectivity index (χ0) is 30.5. The van der Waals surface area contributed by atoms with Crippen LogP contribution in [-0.2, 0) is 54.2 Å². The monoisotopic (exact) mass is 604 g/mol. The molecule has 0 saturated carbocycles. The van der Waals surface area contributed by atoms with Gasteiger partial charge < -0.3 is 33.8 Å². The van der Waals surface area contributed by atoms with Gasteiger partial charge in [0.15, 0.2) is 6.33 Å². The molecule has 1 fully saturated rings. The van der Waals surface area contributed by atoms with Crippen LogP contribution >= 0.6 is 0 Å². The highest BCUT2D eigenvalue weighted by Crippen LogP contribution is 2.14. The number of aromatic nitrogens is 4. The van der Waals surface area contributed by atoms with Crippen LogP contribution in [0.5, 0.6) is 0 Å². The Morgan fingerprint density at radius 1 is 0.698 bits per heavy atom. The number of hydrogen-bond acceptors (Lipinski definition) is 14. The minimum atomic E-state index is -0.707. The third-order valence-corrected chi connectivity index (χ3v) is 5.72. The summed E-state index contributed by atoms with van der Waals surface area (Å²) >= 11 is 0. The fourth-order valence-electron chi connectivity index (χ4n) is 3.49. The smallest absolute Gasteiger partial charge is 0.335 e. The van der Waals surface area contributed by atoms with Crippen LogP contribution < -0.4 is 5.32 Å². The van der Waals surface area contributed by atoms with Crippen LogP contribution in [0.2, 0.25) is 0 Å². The number of hydrogen-bond donors (Lipinski definition) is 1. The zero-order valence-corrected chi connectivity index (χ0v) is 23.8. The van der Waals surface area contributed by atoms with Gasteiger partial charge in [-0.15, -0.1) is 25.5 Å². The highest BCUT2D eigenvalue weighted by molar-refractivity contribution is 6.01. The number of carbonyl (C=O) groups is 4. The summed E-state index contributed by atoms with van der Waals surface area (Å²) in [7, 11) is 0. The second kappa shape index (κ2) is 20.0. The first-order valence-electron chi connectivity index (χ1n) is 13.8. The molecule has 3 amide bonds. The van der Waals surface area contributed by atoms with E-state index in [0.29, 0.717) is 70.3 Å². The van der Waals surface area contributed by atoms with Crippen LogP contribution in [0.3, 0.4) is 0 Å². The Morgan fingerprint density at radius 3 is 1.72 bits per heavy atom. The minimum absolute atomic E-state index is 0.0537. The van der Waals surface area contributed by atoms with E-state index in [-0.39, 0.29) is 44.8 Å². The number of carbonyl (C=O) groups excluding carboxylic acids is 4. The Balaban J connectivity index is 1.03. The van der Waals surface area contributed by atoms with Gasteiger partial charge in [-0.3, -0.25) is 14.4 Å². The maximum Gasteiger partial charge on any atom is 0.335 e. The van der Waals surface area contributed by atoms with Crippen molar-refractivity contribution in [1.82, 2.24) is 30.8 Å². The van der Waals surface area contributed by atoms with Gasteiger partial charge in [0.05, 0.1) is 72.5 Å². The predicted octanol–water partition coefficient (Wildman–Crippen LogP) is 0.0202. The highest BCUT2D eigenvalue weighted by atomic mass is 16.7. The third-order valence-electron chi connectivity index (χ3n) is 5.72. The molecule has 1 saturated heterocycles. The number of nitrogens with one attached hydrogen (secondary N) is 1. The standard InChI is InChI=1S/C27H36N6O10/c34-23(28-19-21-1-3-22(4-2-21)27-31-29-20-30-32-27)7-9-38-11-13-40-15-17-42-18-16-41-14-12-39-10-8-26(37)43-33-24(35)5-6-25(33)36/h1-4,20H,5-19H2,(H,28,34). The number of imide groups is 1. The molecule has 2 heterocycles. The van der Waals surface area contributed by atoms with E-state index in [1.807, 2.05) is 24.3 Å². The molecule has 2 aromatic rings. The number of rotatable bonds is 22. The van der Waals surface area contributed by atoms with Gasteiger partial charge >= 0.3 is 5.97 Å². The van der Waals surface area contributed by atoms with Gasteiger partial charge in [0.25, 0.3) is 11.8 Å². The Kier molecular flexibility index (Phi) is 15.6. The fourth-order valence-corrected chi connectivity index (χ4v) is 3.49. The van der Waals surface area contributed by atoms with Crippen LogP contribution in [0.4, 0.5) is 0 Å². The van der Waals surface area contributed by atoms with Gasteiger partial charge in [-0.05, 0) is 5.56 Å². The average Bonchev–Trinajstić information content (AvgIpc) is 3.34. The normalized spacial score (nSPS) is 13.0. The van der Waals surface area contributed by atoms with Gasteiger partial charge in [0.1, 0.15) is 0 Å². The molecule has 0 aliphatic carbocycles. The molecule has 0 unspecified atom stereocenters. The molecule has 43 heavy (non-hydrogen) atoms. The number of ether oxygens (including phenoxy) is 5. The lowest BCUT2D eigenvalue weighted by atomic mass is 10.1. The molecule has 0 bridgehead atoms. The lowest BCUT2D eigenvalue weighted by molar-refractivity contribution is -0.198. The molecule has 16 nitrogen and oxygen atoms in total. The van der Waals surface area contributed by atoms with E-state index < -0.39 is 17.8 Å². The second-order valence-corrected chi connectivity index (χ2v) is 8.95. The summed E-state index contributed by atoms with van der Waals surface area (Å²) in [5.41, 5.74) is 1.73. The van der Waals surface area contributed by atoms with Gasteiger partial charge in [-0.2, -0.15) is 0 Å². The van der Waals surface area contributed by atoms with Gasteiger partial charge in [-0.1, -0.05) is 24.3 Å². The van der Waals surface area contributed by atoms with E-state index in [4.69, 9.17) is 28.5 Å². The number of benzene rings is 1. The van der Waals surface area contributed by atoms with E-state index in [0.717, 1.165) is 11.1 Å². The molecule has 1 aliphatic rings. The summed E-state index contributed by atoms with van der Waals surface area (Å²) in [5.74, 6) is -1.41. The van der Waals surface area contributed by atoms with Crippen molar-refractivity contribution >= 4 is 23.7 Å². The molecule has 1 N–H and O–H groups in total. The molecule has 0 atom stereocenters. The Bertz CT molecular complexity index is 1120. The van der Waals surface area contributed by atoms with Crippen LogP contribution in [-0.4, -0.2) is 115 Å². The SMILES string of the molecule is O=C(CCOCCOCCOCCOCCOCCC(=O)ON1C(=O)CCC1=O)NCc1ccc(-c2nncnn2)cc1. The Labute approximate surface area is 248 Å². The lowest BCUT2D eigenvalue weighted by Gasteiger charge is -2.12. The molecular weight excluding hydrogens is 568 g/mol. The van der Waals surface area contributed by atoms with Gasteiger partial charge in [0.2, 0.25) is 11.7 Å². The maximum absolute atomic E-state index is 12.0. The number of nitrogens with zero attached hydrogens (tertiary/aromatic N) is 5. The lowest BCUT2D eigenvalue weighted by Crippen LogP contribution is -2.32. The molecule has 1 aromatic heterocycles. The predicted molar refractivity (Wildman–Crippen MR) is 145 cm³/mol. The summed E-state index contributed by atoms with van der Waals surface area (Å²) in [6.07, 6.45) is 1.54. The van der Waals surface area contributed by atoms with Crippen molar-refractivity contribution in [3.05, 3.63) is 36.2 Å². The van der Waals surface area contributed by atoms with Crippen molar-refractivity contribution in [1.29, 1.82) is 0 Å². The summed E-state index contributed by atoms with van der Waals surface area (Å²) in [5, 5.41) is 18.6. The van der Waals surface area contributed by atoms with Crippen molar-refractivity contribution in [2.24, 2.45) is 0 Å². The van der Waals surface area contributed by atoms with Gasteiger partial charge in [-0.25, -0.2) is 4.79 Å². The van der Waals surface area contributed by atoms with E-state index in [2.05, 4.69) is 25.7 Å². The molecular formula is C27H36N6O10. The Hall–Kier alpha value is -3.96. The molecule has 1 aliphatic heterocycles. The number of amides is 3. The molecule has 16 heteroatoms. The molecule has 3 rings (SSSR count). The largest absolute Gasteiger partial charge is 0.379 e. The average molecular weight is 605 g/mol. The van der Waals surface area contributed by atoms with E-state index >= 15 is 0 Å². The molecule has 0 spiro atoms. The fraction of sp³-hybridized carbons (Fsp3) is 0.556.